The molecule has 1 N–H and O–H groups in total. The van der Waals surface area contributed by atoms with Gasteiger partial charge >= 0.3 is 5.97 Å². The van der Waals surface area contributed by atoms with Crippen LogP contribution >= 0.6 is 0 Å². The number of carbonyl (C=O) groups is 1. The van der Waals surface area contributed by atoms with E-state index in [1.165, 1.54) is 13.0 Å². The summed E-state index contributed by atoms with van der Waals surface area (Å²) in [6.07, 6.45) is 0. The van der Waals surface area contributed by atoms with Crippen molar-refractivity contribution in [2.24, 2.45) is 5.92 Å². The zero-order chi connectivity index (χ0) is 11.9. The molecule has 2 rings (SSSR count). The van der Waals surface area contributed by atoms with Gasteiger partial charge in [-0.15, -0.1) is 0 Å². The summed E-state index contributed by atoms with van der Waals surface area (Å²) < 4.78 is 31.3. The number of carboxylic acid groups (broad SMARTS) is 1. The molecule has 0 spiro atoms. The minimum Gasteiger partial charge on any atom is -0.481 e. The number of ether oxygens (including phenoxy) is 1. The molecule has 0 saturated carbocycles. The number of rotatable bonds is 3. The Kier molecular flexibility index (Phi) is 2.42. The molecular formula is C11H10F2O3. The van der Waals surface area contributed by atoms with Crippen molar-refractivity contribution in [2.75, 3.05) is 6.61 Å². The molecule has 1 aromatic rings. The highest BCUT2D eigenvalue weighted by atomic mass is 19.1. The van der Waals surface area contributed by atoms with Gasteiger partial charge in [0.05, 0.1) is 12.5 Å². The van der Waals surface area contributed by atoms with E-state index in [1.807, 2.05) is 0 Å². The van der Waals surface area contributed by atoms with E-state index in [1.54, 1.807) is 0 Å². The first-order valence-electron chi connectivity index (χ1n) is 4.79. The Morgan fingerprint density at radius 3 is 2.62 bits per heavy atom. The minimum atomic E-state index is -1.14. The number of carboxylic acids is 1. The van der Waals surface area contributed by atoms with Crippen molar-refractivity contribution in [1.82, 2.24) is 0 Å². The lowest BCUT2D eigenvalue weighted by Crippen LogP contribution is -2.27. The average Bonchev–Trinajstić information content (AvgIpc) is 2.97. The number of benzene rings is 1. The van der Waals surface area contributed by atoms with Gasteiger partial charge in [-0.2, -0.15) is 0 Å². The van der Waals surface area contributed by atoms with Crippen molar-refractivity contribution in [3.8, 4) is 0 Å². The Balaban J connectivity index is 2.40. The van der Waals surface area contributed by atoms with Crippen LogP contribution in [0.15, 0.2) is 18.2 Å². The maximum atomic E-state index is 13.5. The largest absolute Gasteiger partial charge is 0.481 e. The summed E-state index contributed by atoms with van der Waals surface area (Å²) in [5, 5.41) is 8.89. The van der Waals surface area contributed by atoms with Crippen molar-refractivity contribution in [2.45, 2.75) is 12.5 Å². The van der Waals surface area contributed by atoms with Gasteiger partial charge in [0.1, 0.15) is 17.2 Å². The molecule has 86 valence electrons. The smallest absolute Gasteiger partial charge is 0.309 e. The number of hydrogen-bond acceptors (Lipinski definition) is 2. The van der Waals surface area contributed by atoms with Crippen molar-refractivity contribution in [3.63, 3.8) is 0 Å². The topological polar surface area (TPSA) is 49.8 Å². The Morgan fingerprint density at radius 2 is 2.19 bits per heavy atom. The third kappa shape index (κ3) is 1.57. The molecule has 1 saturated heterocycles. The first kappa shape index (κ1) is 11.0. The quantitative estimate of drug-likeness (QED) is 0.804. The van der Waals surface area contributed by atoms with Crippen molar-refractivity contribution in [3.05, 3.63) is 35.4 Å². The van der Waals surface area contributed by atoms with Gasteiger partial charge in [-0.05, 0) is 13.0 Å². The fraction of sp³-hybridized carbons (Fsp3) is 0.364. The van der Waals surface area contributed by atoms with Crippen molar-refractivity contribution < 1.29 is 23.4 Å². The van der Waals surface area contributed by atoms with Crippen LogP contribution in [-0.4, -0.2) is 17.7 Å². The van der Waals surface area contributed by atoms with E-state index in [-0.39, 0.29) is 12.2 Å². The lowest BCUT2D eigenvalue weighted by Gasteiger charge is -2.17. The highest BCUT2D eigenvalue weighted by Crippen LogP contribution is 2.46. The standard InChI is InChI=1S/C11H10F2O3/c1-6(10(14)15)11(5-16-11)8-3-2-7(12)4-9(8)13/h2-4,6H,5H2,1H3,(H,14,15)/t6-,11+/m0/s1. The van der Waals surface area contributed by atoms with Crippen LogP contribution < -0.4 is 0 Å². The van der Waals surface area contributed by atoms with Gasteiger partial charge in [0.2, 0.25) is 0 Å². The van der Waals surface area contributed by atoms with E-state index in [9.17, 15) is 13.6 Å². The van der Waals surface area contributed by atoms with E-state index >= 15 is 0 Å². The van der Waals surface area contributed by atoms with Gasteiger partial charge in [0.25, 0.3) is 0 Å². The van der Waals surface area contributed by atoms with Gasteiger partial charge in [0, 0.05) is 11.6 Å². The van der Waals surface area contributed by atoms with Crippen LogP contribution in [0.3, 0.4) is 0 Å². The van der Waals surface area contributed by atoms with Gasteiger partial charge in [-0.3, -0.25) is 4.79 Å². The molecule has 3 nitrogen and oxygen atoms in total. The van der Waals surface area contributed by atoms with Crippen molar-refractivity contribution in [1.29, 1.82) is 0 Å². The SMILES string of the molecule is C[C@@H](C(=O)O)[C@@]1(c2ccc(F)cc2F)CO1. The maximum Gasteiger partial charge on any atom is 0.309 e. The average molecular weight is 228 g/mol. The van der Waals surface area contributed by atoms with E-state index < -0.39 is 29.1 Å². The fourth-order valence-corrected chi connectivity index (χ4v) is 1.75. The number of epoxide rings is 1. The van der Waals surface area contributed by atoms with Gasteiger partial charge in [-0.25, -0.2) is 8.78 Å². The summed E-state index contributed by atoms with van der Waals surface area (Å²) in [6, 6.07) is 3.06. The summed E-state index contributed by atoms with van der Waals surface area (Å²) in [7, 11) is 0. The summed E-state index contributed by atoms with van der Waals surface area (Å²) in [5.41, 5.74) is -1.03. The predicted molar refractivity (Wildman–Crippen MR) is 50.8 cm³/mol. The zero-order valence-corrected chi connectivity index (χ0v) is 8.54. The number of hydrogen-bond donors (Lipinski definition) is 1. The lowest BCUT2D eigenvalue weighted by atomic mass is 9.87. The Morgan fingerprint density at radius 1 is 1.56 bits per heavy atom. The normalized spacial score (nSPS) is 25.2. The second kappa shape index (κ2) is 3.52. The molecule has 0 amide bonds. The van der Waals surface area contributed by atoms with Gasteiger partial charge in [-0.1, -0.05) is 6.07 Å². The van der Waals surface area contributed by atoms with E-state index in [0.717, 1.165) is 12.1 Å². The van der Waals surface area contributed by atoms with Crippen LogP contribution in [-0.2, 0) is 15.1 Å². The number of halogens is 2. The van der Waals surface area contributed by atoms with Crippen LogP contribution in [0.1, 0.15) is 12.5 Å². The van der Waals surface area contributed by atoms with Gasteiger partial charge in [0.15, 0.2) is 0 Å². The van der Waals surface area contributed by atoms with Crippen LogP contribution in [0.4, 0.5) is 8.78 Å². The minimum absolute atomic E-state index is 0.101. The van der Waals surface area contributed by atoms with Crippen LogP contribution in [0.25, 0.3) is 0 Å². The molecule has 16 heavy (non-hydrogen) atoms. The van der Waals surface area contributed by atoms with E-state index in [0.29, 0.717) is 0 Å². The number of aliphatic carboxylic acids is 1. The monoisotopic (exact) mass is 228 g/mol. The first-order chi connectivity index (χ1) is 7.47. The second-order valence-corrected chi connectivity index (χ2v) is 3.86. The molecule has 1 aliphatic rings. The molecule has 1 aromatic carbocycles. The molecule has 1 fully saturated rings. The molecule has 1 aliphatic heterocycles. The lowest BCUT2D eigenvalue weighted by molar-refractivity contribution is -0.143. The molecular weight excluding hydrogens is 218 g/mol. The Bertz CT molecular complexity index is 441. The summed E-state index contributed by atoms with van der Waals surface area (Å²) in [4.78, 5) is 10.9. The summed E-state index contributed by atoms with van der Waals surface area (Å²) in [5.74, 6) is -3.40. The molecule has 0 aromatic heterocycles. The fourth-order valence-electron chi connectivity index (χ4n) is 1.75. The van der Waals surface area contributed by atoms with E-state index in [2.05, 4.69) is 0 Å². The van der Waals surface area contributed by atoms with Crippen LogP contribution in [0.2, 0.25) is 0 Å². The highest BCUT2D eigenvalue weighted by Gasteiger charge is 2.55. The summed E-state index contributed by atoms with van der Waals surface area (Å²) >= 11 is 0. The summed E-state index contributed by atoms with van der Waals surface area (Å²) in [6.45, 7) is 1.58. The maximum absolute atomic E-state index is 13.5. The van der Waals surface area contributed by atoms with Crippen molar-refractivity contribution >= 4 is 5.97 Å². The van der Waals surface area contributed by atoms with Crippen LogP contribution in [0, 0.1) is 17.6 Å². The molecule has 0 radical (unpaired) electrons. The third-order valence-corrected chi connectivity index (χ3v) is 2.91. The Labute approximate surface area is 90.7 Å². The molecule has 1 heterocycles. The second-order valence-electron chi connectivity index (χ2n) is 3.86. The molecule has 2 atom stereocenters. The molecule has 0 aliphatic carbocycles. The third-order valence-electron chi connectivity index (χ3n) is 2.91. The molecule has 0 bridgehead atoms. The zero-order valence-electron chi connectivity index (χ0n) is 8.54. The molecule has 0 unspecified atom stereocenters. The van der Waals surface area contributed by atoms with Gasteiger partial charge < -0.3 is 9.84 Å². The Hall–Kier alpha value is -1.49. The first-order valence-corrected chi connectivity index (χ1v) is 4.79. The predicted octanol–water partition coefficient (Wildman–Crippen LogP) is 1.91. The molecule has 5 heteroatoms. The highest BCUT2D eigenvalue weighted by molar-refractivity contribution is 5.72. The van der Waals surface area contributed by atoms with E-state index in [4.69, 9.17) is 9.84 Å². The van der Waals surface area contributed by atoms with Crippen LogP contribution in [0.5, 0.6) is 0 Å².